The van der Waals surface area contributed by atoms with Crippen LogP contribution in [0.25, 0.3) is 0 Å². The lowest BCUT2D eigenvalue weighted by Gasteiger charge is -2.18. The number of carbonyl (C=O) groups excluding carboxylic acids is 1. The van der Waals surface area contributed by atoms with Gasteiger partial charge in [-0.1, -0.05) is 6.07 Å². The molecule has 4 nitrogen and oxygen atoms in total. The van der Waals surface area contributed by atoms with E-state index < -0.39 is 0 Å². The molecule has 17 heavy (non-hydrogen) atoms. The molecule has 1 aromatic heterocycles. The second kappa shape index (κ2) is 3.96. The fourth-order valence-electron chi connectivity index (χ4n) is 2.67. The molecule has 0 bridgehead atoms. The second-order valence-electron chi connectivity index (χ2n) is 4.86. The normalized spacial score (nSPS) is 24.9. The zero-order chi connectivity index (χ0) is 11.3. The van der Waals surface area contributed by atoms with Crippen molar-refractivity contribution < 1.29 is 4.79 Å². The molecule has 1 amide bonds. The smallest absolute Gasteiger partial charge is 0.244 e. The van der Waals surface area contributed by atoms with E-state index in [1.807, 2.05) is 6.07 Å². The lowest BCUT2D eigenvalue weighted by atomic mass is 9.91. The number of rotatable bonds is 0. The molecule has 3 rings (SSSR count). The van der Waals surface area contributed by atoms with Crippen molar-refractivity contribution in [3.05, 3.63) is 23.9 Å². The molecule has 1 atom stereocenters. The first kappa shape index (κ1) is 12.3. The van der Waals surface area contributed by atoms with Gasteiger partial charge in [0.15, 0.2) is 0 Å². The van der Waals surface area contributed by atoms with Gasteiger partial charge < -0.3 is 5.73 Å². The third kappa shape index (κ3) is 1.72. The standard InChI is InChI=1S/C12H15N3O.ClH/c1-15-10-8(3-2-6-14-10)12(4-5-12)7-9(13)11(15)16;/h2-3,6,9H,4-5,7,13H2,1H3;1H. The van der Waals surface area contributed by atoms with Crippen LogP contribution in [-0.2, 0) is 10.2 Å². The van der Waals surface area contributed by atoms with Crippen LogP contribution in [0.1, 0.15) is 24.8 Å². The van der Waals surface area contributed by atoms with Crippen molar-refractivity contribution in [2.45, 2.75) is 30.7 Å². The molecule has 1 spiro atoms. The van der Waals surface area contributed by atoms with Gasteiger partial charge in [0.2, 0.25) is 5.91 Å². The summed E-state index contributed by atoms with van der Waals surface area (Å²) in [4.78, 5) is 17.9. The SMILES string of the molecule is CN1C(=O)C(N)CC2(CC2)c2cccnc21.Cl. The molecule has 1 fully saturated rings. The lowest BCUT2D eigenvalue weighted by Crippen LogP contribution is -2.41. The first-order valence-electron chi connectivity index (χ1n) is 5.63. The van der Waals surface area contributed by atoms with E-state index in [4.69, 9.17) is 5.73 Å². The van der Waals surface area contributed by atoms with Crippen LogP contribution in [0, 0.1) is 0 Å². The zero-order valence-corrected chi connectivity index (χ0v) is 10.5. The summed E-state index contributed by atoms with van der Waals surface area (Å²) in [6.07, 6.45) is 4.74. The van der Waals surface area contributed by atoms with Crippen molar-refractivity contribution in [1.29, 1.82) is 0 Å². The summed E-state index contributed by atoms with van der Waals surface area (Å²) >= 11 is 0. The summed E-state index contributed by atoms with van der Waals surface area (Å²) < 4.78 is 0. The van der Waals surface area contributed by atoms with Gasteiger partial charge in [0, 0.05) is 24.2 Å². The fraction of sp³-hybridized carbons (Fsp3) is 0.500. The van der Waals surface area contributed by atoms with Crippen LogP contribution in [0.5, 0.6) is 0 Å². The van der Waals surface area contributed by atoms with Gasteiger partial charge in [-0.25, -0.2) is 4.98 Å². The number of hydrogen-bond donors (Lipinski definition) is 1. The third-order valence-corrected chi connectivity index (χ3v) is 3.79. The Morgan fingerprint density at radius 3 is 2.88 bits per heavy atom. The van der Waals surface area contributed by atoms with Gasteiger partial charge in [-0.3, -0.25) is 9.69 Å². The minimum Gasteiger partial charge on any atom is -0.320 e. The van der Waals surface area contributed by atoms with Crippen molar-refractivity contribution in [3.63, 3.8) is 0 Å². The van der Waals surface area contributed by atoms with Gasteiger partial charge in [0.05, 0.1) is 6.04 Å². The Hall–Kier alpha value is -1.13. The summed E-state index contributed by atoms with van der Waals surface area (Å²) in [7, 11) is 1.76. The average molecular weight is 254 g/mol. The van der Waals surface area contributed by atoms with Crippen LogP contribution in [0.15, 0.2) is 18.3 Å². The number of hydrogen-bond acceptors (Lipinski definition) is 3. The number of likely N-dealkylation sites (N-methyl/N-ethyl adjacent to an activating group) is 1. The quantitative estimate of drug-likeness (QED) is 0.757. The highest BCUT2D eigenvalue weighted by Gasteiger charge is 2.50. The maximum atomic E-state index is 12.0. The van der Waals surface area contributed by atoms with Crippen LogP contribution in [0.3, 0.4) is 0 Å². The number of aromatic nitrogens is 1. The molecule has 0 saturated heterocycles. The van der Waals surface area contributed by atoms with Crippen LogP contribution in [0.4, 0.5) is 5.82 Å². The van der Waals surface area contributed by atoms with E-state index in [0.717, 1.165) is 25.1 Å². The Morgan fingerprint density at radius 2 is 2.24 bits per heavy atom. The lowest BCUT2D eigenvalue weighted by molar-refractivity contribution is -0.119. The van der Waals surface area contributed by atoms with Crippen molar-refractivity contribution in [2.24, 2.45) is 5.73 Å². The highest BCUT2D eigenvalue weighted by molar-refractivity contribution is 5.97. The highest BCUT2D eigenvalue weighted by Crippen LogP contribution is 2.55. The Labute approximate surface area is 107 Å². The molecule has 2 N–H and O–H groups in total. The van der Waals surface area contributed by atoms with Crippen LogP contribution < -0.4 is 10.6 Å². The maximum absolute atomic E-state index is 12.0. The Balaban J connectivity index is 0.00000108. The molecule has 0 radical (unpaired) electrons. The molecular formula is C12H16ClN3O. The van der Waals surface area contributed by atoms with Gasteiger partial charge in [-0.15, -0.1) is 12.4 Å². The molecule has 0 aromatic carbocycles. The molecule has 2 aliphatic rings. The minimum absolute atomic E-state index is 0. The van der Waals surface area contributed by atoms with E-state index in [9.17, 15) is 4.79 Å². The van der Waals surface area contributed by atoms with E-state index >= 15 is 0 Å². The summed E-state index contributed by atoms with van der Waals surface area (Å²) in [6.45, 7) is 0. The molecule has 1 aromatic rings. The maximum Gasteiger partial charge on any atom is 0.244 e. The predicted molar refractivity (Wildman–Crippen MR) is 68.4 cm³/mol. The summed E-state index contributed by atoms with van der Waals surface area (Å²) in [6, 6.07) is 3.63. The van der Waals surface area contributed by atoms with Gasteiger partial charge >= 0.3 is 0 Å². The molecule has 1 aliphatic heterocycles. The Bertz CT molecular complexity index is 459. The molecule has 1 saturated carbocycles. The van der Waals surface area contributed by atoms with Crippen molar-refractivity contribution >= 4 is 24.1 Å². The number of nitrogens with two attached hydrogens (primary N) is 1. The number of pyridine rings is 1. The van der Waals surface area contributed by atoms with Crippen molar-refractivity contribution in [2.75, 3.05) is 11.9 Å². The monoisotopic (exact) mass is 253 g/mol. The summed E-state index contributed by atoms with van der Waals surface area (Å²) in [5.41, 5.74) is 7.27. The Kier molecular flexibility index (Phi) is 2.87. The average Bonchev–Trinajstić information content (AvgIpc) is 3.07. The highest BCUT2D eigenvalue weighted by atomic mass is 35.5. The van der Waals surface area contributed by atoms with E-state index in [1.54, 1.807) is 18.1 Å². The molecule has 92 valence electrons. The topological polar surface area (TPSA) is 59.2 Å². The largest absolute Gasteiger partial charge is 0.320 e. The van der Waals surface area contributed by atoms with E-state index in [-0.39, 0.29) is 29.8 Å². The molecular weight excluding hydrogens is 238 g/mol. The van der Waals surface area contributed by atoms with Gasteiger partial charge in [0.25, 0.3) is 0 Å². The van der Waals surface area contributed by atoms with Crippen molar-refractivity contribution in [3.8, 4) is 0 Å². The first-order chi connectivity index (χ1) is 7.64. The number of nitrogens with zero attached hydrogens (tertiary/aromatic N) is 2. The molecule has 2 heterocycles. The van der Waals surface area contributed by atoms with E-state index in [0.29, 0.717) is 0 Å². The summed E-state index contributed by atoms with van der Waals surface area (Å²) in [5, 5.41) is 0. The molecule has 5 heteroatoms. The van der Waals surface area contributed by atoms with Gasteiger partial charge in [-0.05, 0) is 25.3 Å². The predicted octanol–water partition coefficient (Wildman–Crippen LogP) is 1.23. The Morgan fingerprint density at radius 1 is 1.53 bits per heavy atom. The van der Waals surface area contributed by atoms with Crippen LogP contribution in [0.2, 0.25) is 0 Å². The third-order valence-electron chi connectivity index (χ3n) is 3.79. The molecule has 1 unspecified atom stereocenters. The van der Waals surface area contributed by atoms with Crippen LogP contribution >= 0.6 is 12.4 Å². The number of fused-ring (bicyclic) bond motifs is 2. The number of halogens is 1. The van der Waals surface area contributed by atoms with Crippen molar-refractivity contribution in [1.82, 2.24) is 4.98 Å². The van der Waals surface area contributed by atoms with Crippen LogP contribution in [-0.4, -0.2) is 24.0 Å². The number of anilines is 1. The summed E-state index contributed by atoms with van der Waals surface area (Å²) in [5.74, 6) is 0.765. The number of carbonyl (C=O) groups is 1. The van der Waals surface area contributed by atoms with E-state index in [2.05, 4.69) is 11.1 Å². The minimum atomic E-state index is -0.387. The first-order valence-corrected chi connectivity index (χ1v) is 5.63. The van der Waals surface area contributed by atoms with Gasteiger partial charge in [-0.2, -0.15) is 0 Å². The second-order valence-corrected chi connectivity index (χ2v) is 4.86. The van der Waals surface area contributed by atoms with Gasteiger partial charge in [0.1, 0.15) is 5.82 Å². The zero-order valence-electron chi connectivity index (χ0n) is 9.72. The molecule has 1 aliphatic carbocycles. The fourth-order valence-corrected chi connectivity index (χ4v) is 2.67. The van der Waals surface area contributed by atoms with E-state index in [1.165, 1.54) is 5.56 Å². The number of amides is 1.